The zero-order valence-corrected chi connectivity index (χ0v) is 23.0. The lowest BCUT2D eigenvalue weighted by Crippen LogP contribution is -2.10. The molecule has 0 spiro atoms. The Morgan fingerprint density at radius 1 is 0.390 bits per heavy atom. The van der Waals surface area contributed by atoms with E-state index in [1.165, 1.54) is 66.8 Å². The average molecular weight is 523 g/mol. The Labute approximate surface area is 242 Å². The fraction of sp³-hybridized carbons (Fsp3) is 0.122. The summed E-state index contributed by atoms with van der Waals surface area (Å²) in [5, 5.41) is 0. The quantitative estimate of drug-likeness (QED) is 0.216. The second-order valence-electron chi connectivity index (χ2n) is 11.9. The molecule has 0 heteroatoms. The van der Waals surface area contributed by atoms with E-state index in [-0.39, 0.29) is 0 Å². The standard InChI is InChI=1S/C41H30/c1-2-12-28-26(11-1)23-40-37(28)22-21-27(24-39-33-17-7-3-13-29(33)30-14-4-8-18-34(30)39)38(40)25-41-35-19-9-5-15-31(35)32-16-6-10-20-36(32)41/h1-22,39,41H,23-25H2. The highest BCUT2D eigenvalue weighted by molar-refractivity contribution is 5.82. The third kappa shape index (κ3) is 3.40. The molecule has 3 aliphatic carbocycles. The Morgan fingerprint density at radius 3 is 1.37 bits per heavy atom. The van der Waals surface area contributed by atoms with Crippen LogP contribution < -0.4 is 0 Å². The molecular formula is C41H30. The molecule has 0 unspecified atom stereocenters. The number of hydrogen-bond acceptors (Lipinski definition) is 0. The van der Waals surface area contributed by atoms with Crippen LogP contribution in [0, 0.1) is 0 Å². The van der Waals surface area contributed by atoms with E-state index in [0.717, 1.165) is 19.3 Å². The van der Waals surface area contributed by atoms with E-state index >= 15 is 0 Å². The van der Waals surface area contributed by atoms with Crippen molar-refractivity contribution in [3.8, 4) is 33.4 Å². The van der Waals surface area contributed by atoms with Crippen LogP contribution in [0.15, 0.2) is 133 Å². The van der Waals surface area contributed by atoms with Crippen molar-refractivity contribution >= 4 is 0 Å². The van der Waals surface area contributed by atoms with Gasteiger partial charge in [-0.05, 0) is 97.2 Å². The van der Waals surface area contributed by atoms with Crippen molar-refractivity contribution in [3.05, 3.63) is 178 Å². The smallest absolute Gasteiger partial charge is 0.0142 e. The van der Waals surface area contributed by atoms with E-state index in [1.807, 2.05) is 0 Å². The number of benzene rings is 6. The van der Waals surface area contributed by atoms with Crippen LogP contribution in [0.25, 0.3) is 33.4 Å². The van der Waals surface area contributed by atoms with Gasteiger partial charge in [-0.1, -0.05) is 133 Å². The van der Waals surface area contributed by atoms with Gasteiger partial charge in [-0.2, -0.15) is 0 Å². The van der Waals surface area contributed by atoms with Gasteiger partial charge in [-0.15, -0.1) is 0 Å². The molecule has 0 aliphatic heterocycles. The Balaban J connectivity index is 1.21. The highest BCUT2D eigenvalue weighted by Gasteiger charge is 2.33. The predicted octanol–water partition coefficient (Wildman–Crippen LogP) is 9.97. The summed E-state index contributed by atoms with van der Waals surface area (Å²) in [5.41, 5.74) is 20.5. The van der Waals surface area contributed by atoms with Crippen molar-refractivity contribution in [2.24, 2.45) is 0 Å². The van der Waals surface area contributed by atoms with Gasteiger partial charge in [-0.3, -0.25) is 0 Å². The maximum absolute atomic E-state index is 2.46. The van der Waals surface area contributed by atoms with E-state index in [0.29, 0.717) is 11.8 Å². The van der Waals surface area contributed by atoms with Crippen LogP contribution in [-0.2, 0) is 19.3 Å². The van der Waals surface area contributed by atoms with Crippen molar-refractivity contribution in [2.45, 2.75) is 31.1 Å². The summed E-state index contributed by atoms with van der Waals surface area (Å²) in [6.45, 7) is 0. The first-order valence-corrected chi connectivity index (χ1v) is 14.9. The average Bonchev–Trinajstić information content (AvgIpc) is 3.67. The minimum Gasteiger partial charge on any atom is -0.0619 e. The molecule has 0 saturated heterocycles. The first kappa shape index (κ1) is 23.1. The van der Waals surface area contributed by atoms with Crippen molar-refractivity contribution < 1.29 is 0 Å². The van der Waals surface area contributed by atoms with Crippen LogP contribution in [-0.4, -0.2) is 0 Å². The molecule has 9 rings (SSSR count). The zero-order chi connectivity index (χ0) is 26.9. The molecule has 194 valence electrons. The SMILES string of the molecule is c1ccc2c(c1)Cc1c-2ccc(CC2c3ccccc3-c3ccccc32)c1CC1c2ccccc2-c2ccccc21. The van der Waals surface area contributed by atoms with E-state index in [2.05, 4.69) is 133 Å². The molecule has 0 atom stereocenters. The molecule has 0 N–H and O–H groups in total. The molecule has 41 heavy (non-hydrogen) atoms. The molecule has 0 heterocycles. The van der Waals surface area contributed by atoms with Gasteiger partial charge in [0.2, 0.25) is 0 Å². The Hall–Kier alpha value is -4.68. The van der Waals surface area contributed by atoms with Gasteiger partial charge in [0, 0.05) is 11.8 Å². The predicted molar refractivity (Wildman–Crippen MR) is 170 cm³/mol. The first-order valence-electron chi connectivity index (χ1n) is 14.9. The summed E-state index contributed by atoms with van der Waals surface area (Å²) in [4.78, 5) is 0. The van der Waals surface area contributed by atoms with Crippen molar-refractivity contribution in [1.29, 1.82) is 0 Å². The van der Waals surface area contributed by atoms with Crippen LogP contribution in [0.3, 0.4) is 0 Å². The van der Waals surface area contributed by atoms with E-state index in [9.17, 15) is 0 Å². The fourth-order valence-corrected chi connectivity index (χ4v) is 8.15. The lowest BCUT2D eigenvalue weighted by molar-refractivity contribution is 0.773. The van der Waals surface area contributed by atoms with Gasteiger partial charge in [0.05, 0.1) is 0 Å². The Kier molecular flexibility index (Phi) is 5.01. The lowest BCUT2D eigenvalue weighted by atomic mass is 9.81. The van der Waals surface area contributed by atoms with Crippen LogP contribution >= 0.6 is 0 Å². The largest absolute Gasteiger partial charge is 0.0619 e. The second-order valence-corrected chi connectivity index (χ2v) is 11.9. The number of hydrogen-bond donors (Lipinski definition) is 0. The summed E-state index contributed by atoms with van der Waals surface area (Å²) in [6.07, 6.45) is 3.10. The Morgan fingerprint density at radius 2 is 0.829 bits per heavy atom. The molecule has 3 aliphatic rings. The maximum Gasteiger partial charge on any atom is 0.0142 e. The molecule has 0 radical (unpaired) electrons. The minimum absolute atomic E-state index is 0.375. The third-order valence-corrected chi connectivity index (χ3v) is 9.96. The minimum atomic E-state index is 0.375. The van der Waals surface area contributed by atoms with Crippen LogP contribution in [0.4, 0.5) is 0 Å². The summed E-state index contributed by atoms with van der Waals surface area (Å²) in [5.74, 6) is 0.755. The Bertz CT molecular complexity index is 1900. The molecule has 0 amide bonds. The van der Waals surface area contributed by atoms with Crippen molar-refractivity contribution in [1.82, 2.24) is 0 Å². The normalized spacial score (nSPS) is 14.2. The molecule has 6 aromatic rings. The summed E-state index contributed by atoms with van der Waals surface area (Å²) in [7, 11) is 0. The summed E-state index contributed by atoms with van der Waals surface area (Å²) >= 11 is 0. The molecule has 0 aromatic heterocycles. The van der Waals surface area contributed by atoms with Gasteiger partial charge >= 0.3 is 0 Å². The van der Waals surface area contributed by atoms with E-state index < -0.39 is 0 Å². The maximum atomic E-state index is 2.46. The molecule has 0 fully saturated rings. The summed E-state index contributed by atoms with van der Waals surface area (Å²) < 4.78 is 0. The zero-order valence-electron chi connectivity index (χ0n) is 23.0. The molecular weight excluding hydrogens is 492 g/mol. The number of rotatable bonds is 4. The molecule has 6 aromatic carbocycles. The highest BCUT2D eigenvalue weighted by Crippen LogP contribution is 2.50. The topological polar surface area (TPSA) is 0 Å². The molecule has 0 saturated carbocycles. The second kappa shape index (κ2) is 8.91. The number of fused-ring (bicyclic) bond motifs is 9. The lowest BCUT2D eigenvalue weighted by Gasteiger charge is -2.23. The highest BCUT2D eigenvalue weighted by atomic mass is 14.4. The monoisotopic (exact) mass is 522 g/mol. The van der Waals surface area contributed by atoms with Crippen LogP contribution in [0.2, 0.25) is 0 Å². The first-order chi connectivity index (χ1) is 20.3. The molecule has 0 nitrogen and oxygen atoms in total. The van der Waals surface area contributed by atoms with Crippen LogP contribution in [0.5, 0.6) is 0 Å². The van der Waals surface area contributed by atoms with Crippen molar-refractivity contribution in [3.63, 3.8) is 0 Å². The fourth-order valence-electron chi connectivity index (χ4n) is 8.15. The molecule has 0 bridgehead atoms. The van der Waals surface area contributed by atoms with Gasteiger partial charge < -0.3 is 0 Å². The van der Waals surface area contributed by atoms with E-state index in [4.69, 9.17) is 0 Å². The summed E-state index contributed by atoms with van der Waals surface area (Å²) in [6, 6.07) is 50.2. The van der Waals surface area contributed by atoms with Crippen molar-refractivity contribution in [2.75, 3.05) is 0 Å². The third-order valence-electron chi connectivity index (χ3n) is 9.96. The van der Waals surface area contributed by atoms with Gasteiger partial charge in [-0.25, -0.2) is 0 Å². The van der Waals surface area contributed by atoms with Gasteiger partial charge in [0.25, 0.3) is 0 Å². The van der Waals surface area contributed by atoms with Gasteiger partial charge in [0.15, 0.2) is 0 Å². The van der Waals surface area contributed by atoms with Gasteiger partial charge in [0.1, 0.15) is 0 Å². The van der Waals surface area contributed by atoms with Crippen LogP contribution in [0.1, 0.15) is 56.3 Å². The van der Waals surface area contributed by atoms with E-state index in [1.54, 1.807) is 11.1 Å².